The quantitative estimate of drug-likeness (QED) is 0.893. The van der Waals surface area contributed by atoms with Crippen molar-refractivity contribution < 1.29 is 28.2 Å². The number of aromatic hydroxyl groups is 1. The summed E-state index contributed by atoms with van der Waals surface area (Å²) in [5.74, 6) is -2.09. The van der Waals surface area contributed by atoms with Gasteiger partial charge in [0.05, 0.1) is 11.3 Å². The first-order valence-electron chi connectivity index (χ1n) is 5.99. The van der Waals surface area contributed by atoms with Crippen molar-refractivity contribution in [2.45, 2.75) is 13.1 Å². The number of hydrogen-bond acceptors (Lipinski definition) is 3. The van der Waals surface area contributed by atoms with Crippen LogP contribution in [0.4, 0.5) is 13.2 Å². The molecule has 2 N–H and O–H groups in total. The highest BCUT2D eigenvalue weighted by Gasteiger charge is 2.31. The first kappa shape index (κ1) is 15.6. The van der Waals surface area contributed by atoms with Crippen LogP contribution in [-0.2, 0) is 6.18 Å². The van der Waals surface area contributed by atoms with E-state index in [1.54, 1.807) is 0 Å². The Hall–Kier alpha value is -2.77. The minimum Gasteiger partial charge on any atom is -0.506 e. The van der Waals surface area contributed by atoms with Gasteiger partial charge < -0.3 is 10.2 Å². The number of hydrogen-bond donors (Lipinski definition) is 2. The van der Waals surface area contributed by atoms with Gasteiger partial charge in [0.1, 0.15) is 11.3 Å². The van der Waals surface area contributed by atoms with Crippen molar-refractivity contribution in [2.24, 2.45) is 0 Å². The number of nitrogens with zero attached hydrogens (tertiary/aromatic N) is 1. The molecule has 8 heteroatoms. The molecule has 1 heterocycles. The SMILES string of the molecule is Cc1c(O)cc(C(=O)O)c(=O)n1-c1cccc(C(F)(F)F)c1. The van der Waals surface area contributed by atoms with Crippen LogP contribution < -0.4 is 5.56 Å². The molecule has 0 atom stereocenters. The van der Waals surface area contributed by atoms with Gasteiger partial charge in [0.2, 0.25) is 0 Å². The Bertz CT molecular complexity index is 809. The van der Waals surface area contributed by atoms with E-state index in [4.69, 9.17) is 5.11 Å². The molecule has 1 aromatic carbocycles. The monoisotopic (exact) mass is 313 g/mol. The molecular formula is C14H10F3NO4. The highest BCUT2D eigenvalue weighted by molar-refractivity contribution is 5.87. The fraction of sp³-hybridized carbons (Fsp3) is 0.143. The lowest BCUT2D eigenvalue weighted by Gasteiger charge is -2.14. The van der Waals surface area contributed by atoms with Gasteiger partial charge in [-0.3, -0.25) is 9.36 Å². The number of benzene rings is 1. The predicted molar refractivity (Wildman–Crippen MR) is 70.4 cm³/mol. The van der Waals surface area contributed by atoms with Crippen LogP contribution in [0.2, 0.25) is 0 Å². The third-order valence-corrected chi connectivity index (χ3v) is 3.08. The van der Waals surface area contributed by atoms with E-state index >= 15 is 0 Å². The van der Waals surface area contributed by atoms with Gasteiger partial charge in [0.15, 0.2) is 0 Å². The van der Waals surface area contributed by atoms with Crippen molar-refractivity contribution in [3.05, 3.63) is 57.5 Å². The molecule has 22 heavy (non-hydrogen) atoms. The molecule has 5 nitrogen and oxygen atoms in total. The van der Waals surface area contributed by atoms with Gasteiger partial charge in [-0.2, -0.15) is 13.2 Å². The Balaban J connectivity index is 2.78. The summed E-state index contributed by atoms with van der Waals surface area (Å²) in [5, 5.41) is 18.6. The van der Waals surface area contributed by atoms with Gasteiger partial charge in [-0.05, 0) is 25.1 Å². The van der Waals surface area contributed by atoms with Gasteiger partial charge in [-0.1, -0.05) is 6.07 Å². The molecule has 1 aromatic heterocycles. The Morgan fingerprint density at radius 1 is 1.23 bits per heavy atom. The van der Waals surface area contributed by atoms with Crippen LogP contribution in [0.3, 0.4) is 0 Å². The third-order valence-electron chi connectivity index (χ3n) is 3.08. The molecule has 0 fully saturated rings. The average molecular weight is 313 g/mol. The van der Waals surface area contributed by atoms with Crippen molar-refractivity contribution in [2.75, 3.05) is 0 Å². The number of halogens is 3. The van der Waals surface area contributed by atoms with E-state index < -0.39 is 34.6 Å². The zero-order chi connectivity index (χ0) is 16.7. The number of carboxylic acid groups (broad SMARTS) is 1. The fourth-order valence-electron chi connectivity index (χ4n) is 1.98. The largest absolute Gasteiger partial charge is 0.506 e. The van der Waals surface area contributed by atoms with E-state index in [2.05, 4.69) is 0 Å². The van der Waals surface area contributed by atoms with Gasteiger partial charge in [0, 0.05) is 11.8 Å². The second-order valence-electron chi connectivity index (χ2n) is 4.52. The number of rotatable bonds is 2. The van der Waals surface area contributed by atoms with Crippen molar-refractivity contribution in [1.29, 1.82) is 0 Å². The minimum absolute atomic E-state index is 0.0608. The van der Waals surface area contributed by atoms with E-state index in [-0.39, 0.29) is 11.4 Å². The normalized spacial score (nSPS) is 11.5. The molecule has 0 radical (unpaired) electrons. The molecule has 0 amide bonds. The van der Waals surface area contributed by atoms with Gasteiger partial charge >= 0.3 is 12.1 Å². The molecule has 0 aliphatic carbocycles. The van der Waals surface area contributed by atoms with E-state index in [0.29, 0.717) is 6.07 Å². The molecule has 0 aliphatic heterocycles. The van der Waals surface area contributed by atoms with E-state index in [9.17, 15) is 27.9 Å². The number of alkyl halides is 3. The van der Waals surface area contributed by atoms with Crippen molar-refractivity contribution in [3.8, 4) is 11.4 Å². The van der Waals surface area contributed by atoms with E-state index in [1.165, 1.54) is 13.0 Å². The molecule has 116 valence electrons. The number of carboxylic acids is 1. The maximum absolute atomic E-state index is 12.7. The Morgan fingerprint density at radius 3 is 2.41 bits per heavy atom. The molecule has 0 bridgehead atoms. The second-order valence-corrected chi connectivity index (χ2v) is 4.52. The molecule has 0 spiro atoms. The number of pyridine rings is 1. The minimum atomic E-state index is -4.61. The van der Waals surface area contributed by atoms with Crippen molar-refractivity contribution in [1.82, 2.24) is 4.57 Å². The third kappa shape index (κ3) is 2.67. The molecule has 2 rings (SSSR count). The molecule has 0 aliphatic rings. The van der Waals surface area contributed by atoms with Gasteiger partial charge in [0.25, 0.3) is 5.56 Å². The highest BCUT2D eigenvalue weighted by Crippen LogP contribution is 2.30. The second kappa shape index (κ2) is 5.21. The van der Waals surface area contributed by atoms with Gasteiger partial charge in [-0.25, -0.2) is 4.79 Å². The molecule has 0 saturated carbocycles. The Morgan fingerprint density at radius 2 is 1.86 bits per heavy atom. The lowest BCUT2D eigenvalue weighted by Crippen LogP contribution is -2.27. The summed E-state index contributed by atoms with van der Waals surface area (Å²) < 4.78 is 39.0. The maximum Gasteiger partial charge on any atom is 0.416 e. The van der Waals surface area contributed by atoms with Crippen LogP contribution in [0.15, 0.2) is 35.1 Å². The summed E-state index contributed by atoms with van der Waals surface area (Å²) in [6, 6.07) is 4.61. The Labute approximate surface area is 121 Å². The van der Waals surface area contributed by atoms with E-state index in [0.717, 1.165) is 22.8 Å². The van der Waals surface area contributed by atoms with Crippen LogP contribution in [0.1, 0.15) is 21.6 Å². The van der Waals surface area contributed by atoms with Crippen LogP contribution >= 0.6 is 0 Å². The Kier molecular flexibility index (Phi) is 3.70. The molecule has 0 saturated heterocycles. The summed E-state index contributed by atoms with van der Waals surface area (Å²) in [6.45, 7) is 1.29. The first-order chi connectivity index (χ1) is 10.1. The zero-order valence-electron chi connectivity index (χ0n) is 11.2. The summed E-state index contributed by atoms with van der Waals surface area (Å²) in [6.07, 6.45) is -4.61. The van der Waals surface area contributed by atoms with Crippen LogP contribution in [0, 0.1) is 6.92 Å². The van der Waals surface area contributed by atoms with E-state index in [1.807, 2.05) is 0 Å². The topological polar surface area (TPSA) is 79.5 Å². The average Bonchev–Trinajstić information content (AvgIpc) is 2.42. The zero-order valence-corrected chi connectivity index (χ0v) is 11.2. The predicted octanol–water partition coefficient (Wildman–Crippen LogP) is 2.57. The summed E-state index contributed by atoms with van der Waals surface area (Å²) >= 11 is 0. The van der Waals surface area contributed by atoms with Crippen LogP contribution in [0.5, 0.6) is 5.75 Å². The highest BCUT2D eigenvalue weighted by atomic mass is 19.4. The van der Waals surface area contributed by atoms with Crippen molar-refractivity contribution in [3.63, 3.8) is 0 Å². The summed E-state index contributed by atoms with van der Waals surface area (Å²) in [4.78, 5) is 23.1. The number of aromatic nitrogens is 1. The lowest BCUT2D eigenvalue weighted by atomic mass is 10.1. The molecule has 2 aromatic rings. The summed E-state index contributed by atoms with van der Waals surface area (Å²) in [7, 11) is 0. The fourth-order valence-corrected chi connectivity index (χ4v) is 1.98. The van der Waals surface area contributed by atoms with Gasteiger partial charge in [-0.15, -0.1) is 0 Å². The lowest BCUT2D eigenvalue weighted by molar-refractivity contribution is -0.137. The maximum atomic E-state index is 12.7. The number of carbonyl (C=O) groups is 1. The summed E-state index contributed by atoms with van der Waals surface area (Å²) in [5.41, 5.74) is -3.00. The first-order valence-corrected chi connectivity index (χ1v) is 5.99. The van der Waals surface area contributed by atoms with Crippen molar-refractivity contribution >= 4 is 5.97 Å². The smallest absolute Gasteiger partial charge is 0.416 e. The standard InChI is InChI=1S/C14H10F3NO4/c1-7-11(19)6-10(13(21)22)12(20)18(7)9-4-2-3-8(5-9)14(15,16)17/h2-6,19H,1H3,(H,21,22). The van der Waals surface area contributed by atoms with Crippen LogP contribution in [-0.4, -0.2) is 20.7 Å². The molecular weight excluding hydrogens is 303 g/mol. The van der Waals surface area contributed by atoms with Crippen LogP contribution in [0.25, 0.3) is 5.69 Å². The number of aromatic carboxylic acids is 1. The molecule has 0 unspecified atom stereocenters.